The third-order valence-electron chi connectivity index (χ3n) is 2.95. The minimum Gasteiger partial charge on any atom is -0.497 e. The fourth-order valence-electron chi connectivity index (χ4n) is 2.03. The van der Waals surface area contributed by atoms with Gasteiger partial charge in [-0.05, 0) is 41.8 Å². The van der Waals surface area contributed by atoms with Gasteiger partial charge in [0, 0.05) is 0 Å². The molecule has 0 atom stereocenters. The molecule has 0 fully saturated rings. The Hall–Kier alpha value is -2.36. The summed E-state index contributed by atoms with van der Waals surface area (Å²) in [6, 6.07) is 9.48. The number of aromatic carboxylic acids is 1. The van der Waals surface area contributed by atoms with Gasteiger partial charge in [0.15, 0.2) is 0 Å². The quantitative estimate of drug-likeness (QED) is 0.918. The molecule has 0 radical (unpaired) electrons. The lowest BCUT2D eigenvalue weighted by molar-refractivity contribution is 0.0693. The molecule has 2 aromatic rings. The molecule has 2 aromatic carbocycles. The van der Waals surface area contributed by atoms with E-state index in [2.05, 4.69) is 0 Å². The molecule has 3 nitrogen and oxygen atoms in total. The Balaban J connectivity index is 2.65. The van der Waals surface area contributed by atoms with Crippen molar-refractivity contribution in [2.75, 3.05) is 7.11 Å². The molecule has 0 amide bonds. The van der Waals surface area contributed by atoms with Crippen LogP contribution < -0.4 is 4.74 Å². The van der Waals surface area contributed by atoms with Crippen LogP contribution in [0.5, 0.6) is 5.75 Å². The first-order valence-corrected chi connectivity index (χ1v) is 5.71. The van der Waals surface area contributed by atoms with Gasteiger partial charge >= 0.3 is 5.97 Å². The van der Waals surface area contributed by atoms with Crippen LogP contribution in [0.3, 0.4) is 0 Å². The average molecular weight is 260 g/mol. The van der Waals surface area contributed by atoms with Crippen molar-refractivity contribution < 1.29 is 19.0 Å². The zero-order valence-electron chi connectivity index (χ0n) is 10.6. The van der Waals surface area contributed by atoms with Gasteiger partial charge in [0.25, 0.3) is 0 Å². The van der Waals surface area contributed by atoms with Gasteiger partial charge < -0.3 is 9.84 Å². The molecule has 0 saturated carbocycles. The summed E-state index contributed by atoms with van der Waals surface area (Å²) >= 11 is 0. The molecule has 2 rings (SSSR count). The number of rotatable bonds is 3. The second kappa shape index (κ2) is 5.10. The summed E-state index contributed by atoms with van der Waals surface area (Å²) in [6.45, 7) is 1.83. The van der Waals surface area contributed by atoms with Crippen LogP contribution in [0.2, 0.25) is 0 Å². The number of hydrogen-bond acceptors (Lipinski definition) is 2. The maximum Gasteiger partial charge on any atom is 0.339 e. The van der Waals surface area contributed by atoms with Crippen LogP contribution in [0.4, 0.5) is 4.39 Å². The number of methoxy groups -OCH3 is 1. The Bertz CT molecular complexity index is 635. The fraction of sp³-hybridized carbons (Fsp3) is 0.133. The van der Waals surface area contributed by atoms with Crippen molar-refractivity contribution in [2.45, 2.75) is 6.92 Å². The molecule has 0 aliphatic carbocycles. The van der Waals surface area contributed by atoms with E-state index in [0.717, 1.165) is 11.6 Å². The zero-order valence-corrected chi connectivity index (χ0v) is 10.6. The summed E-state index contributed by atoms with van der Waals surface area (Å²) in [5, 5.41) is 9.13. The molecule has 0 aliphatic rings. The lowest BCUT2D eigenvalue weighted by Gasteiger charge is -2.11. The number of halogens is 1. The highest BCUT2D eigenvalue weighted by Gasteiger charge is 2.17. The number of benzene rings is 2. The molecular formula is C15H13FO3. The average Bonchev–Trinajstić information content (AvgIpc) is 2.37. The molecule has 98 valence electrons. The Kier molecular flexibility index (Phi) is 3.51. The first-order chi connectivity index (χ1) is 9.04. The van der Waals surface area contributed by atoms with E-state index in [0.29, 0.717) is 16.9 Å². The number of carboxylic acid groups (broad SMARTS) is 1. The van der Waals surface area contributed by atoms with Crippen LogP contribution in [0.25, 0.3) is 11.1 Å². The number of aryl methyl sites for hydroxylation is 1. The van der Waals surface area contributed by atoms with Crippen molar-refractivity contribution in [3.8, 4) is 16.9 Å². The maximum atomic E-state index is 13.7. The summed E-state index contributed by atoms with van der Waals surface area (Å²) < 4.78 is 18.8. The predicted octanol–water partition coefficient (Wildman–Crippen LogP) is 3.51. The van der Waals surface area contributed by atoms with Crippen LogP contribution in [-0.2, 0) is 0 Å². The Morgan fingerprint density at radius 3 is 2.53 bits per heavy atom. The van der Waals surface area contributed by atoms with Gasteiger partial charge in [-0.2, -0.15) is 0 Å². The predicted molar refractivity (Wildman–Crippen MR) is 70.1 cm³/mol. The summed E-state index contributed by atoms with van der Waals surface area (Å²) in [5.41, 5.74) is 1.56. The highest BCUT2D eigenvalue weighted by Crippen LogP contribution is 2.30. The Morgan fingerprint density at radius 2 is 1.95 bits per heavy atom. The molecular weight excluding hydrogens is 247 g/mol. The molecule has 0 aromatic heterocycles. The number of ether oxygens (including phenoxy) is 1. The molecule has 0 spiro atoms. The third kappa shape index (κ3) is 2.42. The minimum absolute atomic E-state index is 0.309. The van der Waals surface area contributed by atoms with Crippen molar-refractivity contribution in [1.29, 1.82) is 0 Å². The van der Waals surface area contributed by atoms with E-state index in [9.17, 15) is 9.18 Å². The third-order valence-corrected chi connectivity index (χ3v) is 2.95. The van der Waals surface area contributed by atoms with E-state index < -0.39 is 11.8 Å². The van der Waals surface area contributed by atoms with Gasteiger partial charge in [0.05, 0.1) is 7.11 Å². The monoisotopic (exact) mass is 260 g/mol. The SMILES string of the molecule is COc1ccc(-c2cccc(F)c2C(=O)O)c(C)c1. The van der Waals surface area contributed by atoms with E-state index in [-0.39, 0.29) is 5.56 Å². The van der Waals surface area contributed by atoms with Gasteiger partial charge in [0.2, 0.25) is 0 Å². The topological polar surface area (TPSA) is 46.5 Å². The van der Waals surface area contributed by atoms with Crippen molar-refractivity contribution in [1.82, 2.24) is 0 Å². The lowest BCUT2D eigenvalue weighted by Crippen LogP contribution is -2.04. The first kappa shape index (κ1) is 13.1. The Morgan fingerprint density at radius 1 is 1.21 bits per heavy atom. The molecule has 0 unspecified atom stereocenters. The number of carboxylic acids is 1. The van der Waals surface area contributed by atoms with Crippen LogP contribution in [0.1, 0.15) is 15.9 Å². The maximum absolute atomic E-state index is 13.7. The normalized spacial score (nSPS) is 10.3. The second-order valence-electron chi connectivity index (χ2n) is 4.15. The van der Waals surface area contributed by atoms with Crippen LogP contribution in [-0.4, -0.2) is 18.2 Å². The minimum atomic E-state index is -1.27. The van der Waals surface area contributed by atoms with Crippen molar-refractivity contribution >= 4 is 5.97 Å². The highest BCUT2D eigenvalue weighted by molar-refractivity contribution is 5.96. The van der Waals surface area contributed by atoms with E-state index in [1.54, 1.807) is 31.4 Å². The Labute approximate surface area is 110 Å². The largest absolute Gasteiger partial charge is 0.497 e. The molecule has 19 heavy (non-hydrogen) atoms. The van der Waals surface area contributed by atoms with Crippen molar-refractivity contribution in [3.63, 3.8) is 0 Å². The van der Waals surface area contributed by atoms with E-state index >= 15 is 0 Å². The van der Waals surface area contributed by atoms with Gasteiger partial charge in [-0.1, -0.05) is 18.2 Å². The van der Waals surface area contributed by atoms with Crippen molar-refractivity contribution in [3.05, 3.63) is 53.3 Å². The number of hydrogen-bond donors (Lipinski definition) is 1. The summed E-state index contributed by atoms with van der Waals surface area (Å²) in [7, 11) is 1.55. The fourth-order valence-corrected chi connectivity index (χ4v) is 2.03. The van der Waals surface area contributed by atoms with Gasteiger partial charge in [-0.15, -0.1) is 0 Å². The smallest absolute Gasteiger partial charge is 0.339 e. The summed E-state index contributed by atoms with van der Waals surface area (Å²) in [5.74, 6) is -1.34. The lowest BCUT2D eigenvalue weighted by atomic mass is 9.95. The van der Waals surface area contributed by atoms with Crippen LogP contribution in [0, 0.1) is 12.7 Å². The van der Waals surface area contributed by atoms with Gasteiger partial charge in [0.1, 0.15) is 17.1 Å². The second-order valence-corrected chi connectivity index (χ2v) is 4.15. The van der Waals surface area contributed by atoms with E-state index in [1.165, 1.54) is 6.07 Å². The van der Waals surface area contributed by atoms with Crippen LogP contribution >= 0.6 is 0 Å². The molecule has 0 saturated heterocycles. The molecule has 0 heterocycles. The van der Waals surface area contributed by atoms with Crippen molar-refractivity contribution in [2.24, 2.45) is 0 Å². The molecule has 4 heteroatoms. The first-order valence-electron chi connectivity index (χ1n) is 5.71. The van der Waals surface area contributed by atoms with Gasteiger partial charge in [-0.25, -0.2) is 9.18 Å². The summed E-state index contributed by atoms with van der Waals surface area (Å²) in [4.78, 5) is 11.2. The standard InChI is InChI=1S/C15H13FO3/c1-9-8-10(19-2)6-7-11(9)12-4-3-5-13(16)14(12)15(17)18/h3-8H,1-2H3,(H,17,18). The molecule has 1 N–H and O–H groups in total. The molecule has 0 bridgehead atoms. The van der Waals surface area contributed by atoms with Gasteiger partial charge in [-0.3, -0.25) is 0 Å². The summed E-state index contributed by atoms with van der Waals surface area (Å²) in [6.07, 6.45) is 0. The number of carbonyl (C=O) groups is 1. The zero-order chi connectivity index (χ0) is 14.0. The van der Waals surface area contributed by atoms with E-state index in [1.807, 2.05) is 6.92 Å². The van der Waals surface area contributed by atoms with Crippen LogP contribution in [0.15, 0.2) is 36.4 Å². The highest BCUT2D eigenvalue weighted by atomic mass is 19.1. The van der Waals surface area contributed by atoms with E-state index in [4.69, 9.17) is 9.84 Å². The molecule has 0 aliphatic heterocycles.